The van der Waals surface area contributed by atoms with Crippen LogP contribution in [-0.2, 0) is 13.6 Å². The lowest BCUT2D eigenvalue weighted by Crippen LogP contribution is -2.42. The van der Waals surface area contributed by atoms with E-state index in [1.54, 1.807) is 13.8 Å². The van der Waals surface area contributed by atoms with Gasteiger partial charge in [0.05, 0.1) is 40.5 Å². The first-order valence-electron chi connectivity index (χ1n) is 5.59. The smallest absolute Gasteiger partial charge is 0.333 e. The molecule has 2 N–H and O–H groups in total. The number of likely N-dealkylation sites (N-methyl/N-ethyl adjacent to an activating group) is 1. The van der Waals surface area contributed by atoms with E-state index in [0.717, 1.165) is 0 Å². The van der Waals surface area contributed by atoms with Gasteiger partial charge in [0.2, 0.25) is 0 Å². The van der Waals surface area contributed by atoms with Crippen molar-refractivity contribution in [1.82, 2.24) is 0 Å². The van der Waals surface area contributed by atoms with Gasteiger partial charge in [-0.1, -0.05) is 0 Å². The van der Waals surface area contributed by atoms with E-state index >= 15 is 0 Å². The number of aliphatic hydroxyl groups is 1. The quantitative estimate of drug-likeness (QED) is 0.528. The zero-order valence-corrected chi connectivity index (χ0v) is 12.3. The third-order valence-corrected chi connectivity index (χ3v) is 4.02. The second-order valence-corrected chi connectivity index (χ2v) is 6.86. The molecule has 0 fully saturated rings. The molecule has 0 aliphatic heterocycles. The normalized spacial score (nSPS) is 14.2. The number of quaternary nitrogens is 1. The third kappa shape index (κ3) is 9.71. The molecular formula is C10H26NO5P. The van der Waals surface area contributed by atoms with Gasteiger partial charge >= 0.3 is 7.60 Å². The van der Waals surface area contributed by atoms with Crippen LogP contribution in [0.1, 0.15) is 13.8 Å². The third-order valence-electron chi connectivity index (χ3n) is 1.84. The topological polar surface area (TPSA) is 85.8 Å². The second-order valence-electron chi connectivity index (χ2n) is 4.76. The van der Waals surface area contributed by atoms with Gasteiger partial charge in [0, 0.05) is 0 Å². The van der Waals surface area contributed by atoms with Crippen LogP contribution >= 0.6 is 7.60 Å². The van der Waals surface area contributed by atoms with E-state index in [-0.39, 0.29) is 11.6 Å². The Kier molecular flexibility index (Phi) is 9.33. The van der Waals surface area contributed by atoms with Crippen molar-refractivity contribution < 1.29 is 28.7 Å². The van der Waals surface area contributed by atoms with Crippen molar-refractivity contribution in [3.8, 4) is 0 Å². The molecule has 0 amide bonds. The maximum atomic E-state index is 12.1. The summed E-state index contributed by atoms with van der Waals surface area (Å²) in [5.74, 6) is 0. The van der Waals surface area contributed by atoms with Gasteiger partial charge in [0.1, 0.15) is 12.6 Å². The Morgan fingerprint density at radius 1 is 1.18 bits per heavy atom. The molecule has 0 saturated carbocycles. The van der Waals surface area contributed by atoms with Crippen LogP contribution in [0.2, 0.25) is 0 Å². The zero-order valence-electron chi connectivity index (χ0n) is 11.4. The fourth-order valence-electron chi connectivity index (χ4n) is 1.48. The number of rotatable bonds is 8. The van der Waals surface area contributed by atoms with E-state index in [2.05, 4.69) is 0 Å². The molecule has 0 aromatic heterocycles. The van der Waals surface area contributed by atoms with Crippen molar-refractivity contribution in [2.75, 3.05) is 47.1 Å². The molecular weight excluding hydrogens is 245 g/mol. The molecule has 0 saturated heterocycles. The Hall–Kier alpha value is 0.0300. The molecule has 0 rings (SSSR count). The first kappa shape index (κ1) is 19.4. The Morgan fingerprint density at radius 3 is 1.88 bits per heavy atom. The van der Waals surface area contributed by atoms with Gasteiger partial charge in [-0.3, -0.25) is 4.57 Å². The monoisotopic (exact) mass is 271 g/mol. The van der Waals surface area contributed by atoms with E-state index in [4.69, 9.17) is 9.05 Å². The van der Waals surface area contributed by atoms with Crippen LogP contribution in [-0.4, -0.2) is 68.2 Å². The van der Waals surface area contributed by atoms with Crippen LogP contribution in [0.4, 0.5) is 0 Å². The molecule has 106 valence electrons. The summed E-state index contributed by atoms with van der Waals surface area (Å²) in [5, 5.41) is 9.83. The summed E-state index contributed by atoms with van der Waals surface area (Å²) >= 11 is 0. The first-order chi connectivity index (χ1) is 7.22. The molecule has 0 spiro atoms. The van der Waals surface area contributed by atoms with Gasteiger partial charge in [0.25, 0.3) is 0 Å². The molecule has 0 aliphatic carbocycles. The number of nitrogens with zero attached hydrogens (tertiary/aromatic N) is 1. The molecule has 0 heterocycles. The average Bonchev–Trinajstić information content (AvgIpc) is 1.99. The first-order valence-corrected chi connectivity index (χ1v) is 7.32. The van der Waals surface area contributed by atoms with Gasteiger partial charge in [-0.15, -0.1) is 0 Å². The minimum Gasteiger partial charge on any atom is -0.870 e. The standard InChI is InChI=1S/C10H25NO4P.H2O/c1-6-14-16(13,15-7-2)9-10(12)8-11(3,4)5;/h10,12H,6-9H2,1-5H3;1H2/q+1;/p-1/t10-;/m0./s1. The SMILES string of the molecule is CCOP(=O)(C[C@@H](O)C[N+](C)(C)C)OCC.[OH-]. The Bertz CT molecular complexity index is 231. The summed E-state index contributed by atoms with van der Waals surface area (Å²) in [6, 6.07) is 0. The highest BCUT2D eigenvalue weighted by molar-refractivity contribution is 7.53. The predicted octanol–water partition coefficient (Wildman–Crippen LogP) is 1.14. The zero-order chi connectivity index (χ0) is 12.8. The summed E-state index contributed by atoms with van der Waals surface area (Å²) in [7, 11) is 2.78. The Labute approximate surface area is 104 Å². The molecule has 0 radical (unpaired) electrons. The Morgan fingerprint density at radius 2 is 1.59 bits per heavy atom. The van der Waals surface area contributed by atoms with E-state index in [1.165, 1.54) is 0 Å². The van der Waals surface area contributed by atoms with E-state index < -0.39 is 13.7 Å². The van der Waals surface area contributed by atoms with Gasteiger partial charge < -0.3 is 24.1 Å². The fraction of sp³-hybridized carbons (Fsp3) is 1.00. The molecule has 0 unspecified atom stereocenters. The van der Waals surface area contributed by atoms with Crippen LogP contribution in [0.25, 0.3) is 0 Å². The maximum absolute atomic E-state index is 12.1. The van der Waals surface area contributed by atoms with Crippen LogP contribution < -0.4 is 0 Å². The van der Waals surface area contributed by atoms with Gasteiger partial charge in [-0.05, 0) is 13.8 Å². The van der Waals surface area contributed by atoms with Crippen molar-refractivity contribution >= 4 is 7.60 Å². The summed E-state index contributed by atoms with van der Waals surface area (Å²) < 4.78 is 23.0. The number of aliphatic hydroxyl groups excluding tert-OH is 1. The van der Waals surface area contributed by atoms with E-state index in [9.17, 15) is 9.67 Å². The summed E-state index contributed by atoms with van der Waals surface area (Å²) in [5.41, 5.74) is 0. The lowest BCUT2D eigenvalue weighted by molar-refractivity contribution is -0.873. The molecule has 7 heteroatoms. The largest absolute Gasteiger partial charge is 0.870 e. The van der Waals surface area contributed by atoms with Crippen LogP contribution in [0.3, 0.4) is 0 Å². The minimum atomic E-state index is -3.12. The van der Waals surface area contributed by atoms with E-state index in [1.807, 2.05) is 21.1 Å². The molecule has 0 bridgehead atoms. The van der Waals surface area contributed by atoms with Gasteiger partial charge in [-0.25, -0.2) is 0 Å². The summed E-state index contributed by atoms with van der Waals surface area (Å²) in [6.45, 7) is 4.70. The molecule has 0 aliphatic rings. The lowest BCUT2D eigenvalue weighted by atomic mass is 10.3. The van der Waals surface area contributed by atoms with Crippen LogP contribution in [0.5, 0.6) is 0 Å². The van der Waals surface area contributed by atoms with Gasteiger partial charge in [0.15, 0.2) is 0 Å². The second kappa shape index (κ2) is 8.19. The van der Waals surface area contributed by atoms with Crippen molar-refractivity contribution in [3.05, 3.63) is 0 Å². The maximum Gasteiger partial charge on any atom is 0.333 e. The van der Waals surface area contributed by atoms with E-state index in [0.29, 0.717) is 24.2 Å². The summed E-state index contributed by atoms with van der Waals surface area (Å²) in [4.78, 5) is 0. The highest BCUT2D eigenvalue weighted by Crippen LogP contribution is 2.48. The average molecular weight is 271 g/mol. The minimum absolute atomic E-state index is 0. The molecule has 6 nitrogen and oxygen atoms in total. The predicted molar refractivity (Wildman–Crippen MR) is 66.6 cm³/mol. The van der Waals surface area contributed by atoms with Crippen molar-refractivity contribution in [3.63, 3.8) is 0 Å². The highest BCUT2D eigenvalue weighted by atomic mass is 31.2. The van der Waals surface area contributed by atoms with Crippen molar-refractivity contribution in [1.29, 1.82) is 0 Å². The number of hydrogen-bond donors (Lipinski definition) is 1. The fourth-order valence-corrected chi connectivity index (χ4v) is 3.19. The van der Waals surface area contributed by atoms with Crippen molar-refractivity contribution in [2.24, 2.45) is 0 Å². The lowest BCUT2D eigenvalue weighted by Gasteiger charge is -2.28. The molecule has 0 aromatic carbocycles. The number of hydrogen-bond acceptors (Lipinski definition) is 5. The van der Waals surface area contributed by atoms with Crippen LogP contribution in [0, 0.1) is 0 Å². The molecule has 0 aromatic rings. The molecule has 17 heavy (non-hydrogen) atoms. The highest BCUT2D eigenvalue weighted by Gasteiger charge is 2.30. The molecule has 1 atom stereocenters. The summed E-state index contributed by atoms with van der Waals surface area (Å²) in [6.07, 6.45) is -0.617. The van der Waals surface area contributed by atoms with Crippen LogP contribution in [0.15, 0.2) is 0 Å². The van der Waals surface area contributed by atoms with Gasteiger partial charge in [-0.2, -0.15) is 0 Å². The van der Waals surface area contributed by atoms with Crippen molar-refractivity contribution in [2.45, 2.75) is 20.0 Å². The Balaban J connectivity index is 0.